The number of rotatable bonds is 3. The van der Waals surface area contributed by atoms with Crippen LogP contribution in [0.15, 0.2) is 170 Å². The van der Waals surface area contributed by atoms with E-state index in [4.69, 9.17) is 0 Å². The van der Waals surface area contributed by atoms with Crippen LogP contribution >= 0.6 is 0 Å². The normalized spacial score (nSPS) is 11.3. The van der Waals surface area contributed by atoms with E-state index in [1.807, 2.05) is 13.8 Å². The SMILES string of the molecule is CC.c1ccc(-c2ccc(-c3c4ccccc4c(-c4cccc5cc6c(ccc7ccccc76)cc45)c4ccccc34)cc2)cc1. The Morgan fingerprint density at radius 1 is 0.261 bits per heavy atom. The summed E-state index contributed by atoms with van der Waals surface area (Å²) in [6.07, 6.45) is 0. The Balaban J connectivity index is 0.00000153. The van der Waals surface area contributed by atoms with Crippen LogP contribution in [-0.4, -0.2) is 0 Å². The van der Waals surface area contributed by atoms with Crippen LogP contribution in [0.4, 0.5) is 0 Å². The molecule has 0 saturated carbocycles. The molecule has 0 atom stereocenters. The minimum atomic E-state index is 1.23. The second kappa shape index (κ2) is 11.7. The molecule has 0 aliphatic heterocycles. The van der Waals surface area contributed by atoms with Crippen LogP contribution in [0.25, 0.3) is 87.2 Å². The molecule has 0 heterocycles. The maximum absolute atomic E-state index is 2.40. The molecule has 0 heteroatoms. The van der Waals surface area contributed by atoms with Crippen LogP contribution in [0.1, 0.15) is 13.8 Å². The summed E-state index contributed by atoms with van der Waals surface area (Å²) in [7, 11) is 0. The molecule has 0 saturated heterocycles. The van der Waals surface area contributed by atoms with Gasteiger partial charge in [0.1, 0.15) is 0 Å². The summed E-state index contributed by atoms with van der Waals surface area (Å²) >= 11 is 0. The molecule has 0 unspecified atom stereocenters. The molecular weight excluding hydrogens is 553 g/mol. The highest BCUT2D eigenvalue weighted by molar-refractivity contribution is 6.24. The number of hydrogen-bond donors (Lipinski definition) is 0. The molecule has 0 nitrogen and oxygen atoms in total. The third-order valence-electron chi connectivity index (χ3n) is 9.23. The molecule has 0 aromatic heterocycles. The van der Waals surface area contributed by atoms with Crippen LogP contribution in [-0.2, 0) is 0 Å². The largest absolute Gasteiger partial charge is 0.0683 e. The smallest absolute Gasteiger partial charge is 0.00201 e. The van der Waals surface area contributed by atoms with Crippen molar-refractivity contribution < 1.29 is 0 Å². The molecule has 0 bridgehead atoms. The molecule has 46 heavy (non-hydrogen) atoms. The monoisotopic (exact) mass is 586 g/mol. The number of hydrogen-bond acceptors (Lipinski definition) is 0. The van der Waals surface area contributed by atoms with Crippen molar-refractivity contribution in [3.05, 3.63) is 170 Å². The van der Waals surface area contributed by atoms with Gasteiger partial charge in [-0.25, -0.2) is 0 Å². The van der Waals surface area contributed by atoms with Crippen molar-refractivity contribution in [2.45, 2.75) is 13.8 Å². The molecule has 0 fully saturated rings. The summed E-state index contributed by atoms with van der Waals surface area (Å²) < 4.78 is 0. The summed E-state index contributed by atoms with van der Waals surface area (Å²) in [4.78, 5) is 0. The molecule has 0 aliphatic carbocycles. The highest BCUT2D eigenvalue weighted by Crippen LogP contribution is 2.46. The highest BCUT2D eigenvalue weighted by atomic mass is 14.2. The van der Waals surface area contributed by atoms with Gasteiger partial charge in [0.05, 0.1) is 0 Å². The van der Waals surface area contributed by atoms with Crippen LogP contribution in [0.2, 0.25) is 0 Å². The van der Waals surface area contributed by atoms with Crippen LogP contribution < -0.4 is 0 Å². The second-order valence-corrected chi connectivity index (χ2v) is 11.7. The maximum Gasteiger partial charge on any atom is -0.00201 e. The average Bonchev–Trinajstić information content (AvgIpc) is 3.14. The highest BCUT2D eigenvalue weighted by Gasteiger charge is 2.18. The van der Waals surface area contributed by atoms with Crippen molar-refractivity contribution >= 4 is 53.9 Å². The lowest BCUT2D eigenvalue weighted by atomic mass is 9.84. The van der Waals surface area contributed by atoms with Gasteiger partial charge in [0.2, 0.25) is 0 Å². The fourth-order valence-electron chi connectivity index (χ4n) is 7.19. The van der Waals surface area contributed by atoms with E-state index < -0.39 is 0 Å². The molecule has 9 aromatic rings. The molecule has 9 aromatic carbocycles. The molecule has 0 radical (unpaired) electrons. The van der Waals surface area contributed by atoms with Gasteiger partial charge in [-0.3, -0.25) is 0 Å². The van der Waals surface area contributed by atoms with Gasteiger partial charge < -0.3 is 0 Å². The lowest BCUT2D eigenvalue weighted by molar-refractivity contribution is 1.50. The summed E-state index contributed by atoms with van der Waals surface area (Å²) in [5, 5.41) is 12.8. The summed E-state index contributed by atoms with van der Waals surface area (Å²) in [5.41, 5.74) is 7.56. The van der Waals surface area contributed by atoms with Gasteiger partial charge >= 0.3 is 0 Å². The summed E-state index contributed by atoms with van der Waals surface area (Å²) in [6, 6.07) is 62.3. The first-order chi connectivity index (χ1) is 22.8. The van der Waals surface area contributed by atoms with E-state index >= 15 is 0 Å². The molecule has 0 N–H and O–H groups in total. The lowest BCUT2D eigenvalue weighted by Crippen LogP contribution is -1.92. The maximum atomic E-state index is 2.40. The van der Waals surface area contributed by atoms with E-state index in [0.29, 0.717) is 0 Å². The van der Waals surface area contributed by atoms with Crippen molar-refractivity contribution in [3.63, 3.8) is 0 Å². The molecule has 0 amide bonds. The van der Waals surface area contributed by atoms with E-state index in [0.717, 1.165) is 0 Å². The van der Waals surface area contributed by atoms with Gasteiger partial charge in [0, 0.05) is 0 Å². The first-order valence-corrected chi connectivity index (χ1v) is 16.3. The zero-order valence-corrected chi connectivity index (χ0v) is 26.2. The Morgan fingerprint density at radius 2 is 0.717 bits per heavy atom. The van der Waals surface area contributed by atoms with Crippen molar-refractivity contribution in [2.24, 2.45) is 0 Å². The number of benzene rings is 9. The van der Waals surface area contributed by atoms with Crippen LogP contribution in [0, 0.1) is 0 Å². The first-order valence-electron chi connectivity index (χ1n) is 16.3. The fraction of sp³-hybridized carbons (Fsp3) is 0.0435. The van der Waals surface area contributed by atoms with Gasteiger partial charge in [0.25, 0.3) is 0 Å². The molecule has 0 spiro atoms. The number of fused-ring (bicyclic) bond motifs is 6. The van der Waals surface area contributed by atoms with Gasteiger partial charge in [0.15, 0.2) is 0 Å². The Morgan fingerprint density at radius 3 is 1.39 bits per heavy atom. The van der Waals surface area contributed by atoms with E-state index in [1.165, 1.54) is 87.2 Å². The summed E-state index contributed by atoms with van der Waals surface area (Å²) in [5.74, 6) is 0. The predicted molar refractivity (Wildman–Crippen MR) is 202 cm³/mol. The fourth-order valence-corrected chi connectivity index (χ4v) is 7.19. The molecule has 0 aliphatic rings. The zero-order chi connectivity index (χ0) is 31.0. The molecule has 9 rings (SSSR count). The molecule has 218 valence electrons. The minimum absolute atomic E-state index is 1.23. The van der Waals surface area contributed by atoms with E-state index in [-0.39, 0.29) is 0 Å². The summed E-state index contributed by atoms with van der Waals surface area (Å²) in [6.45, 7) is 4.00. The Bertz CT molecular complexity index is 2460. The zero-order valence-electron chi connectivity index (χ0n) is 26.2. The Kier molecular flexibility index (Phi) is 7.04. The lowest BCUT2D eigenvalue weighted by Gasteiger charge is -2.19. The van der Waals surface area contributed by atoms with Crippen molar-refractivity contribution in [2.75, 3.05) is 0 Å². The van der Waals surface area contributed by atoms with Crippen molar-refractivity contribution in [1.82, 2.24) is 0 Å². The average molecular weight is 587 g/mol. The van der Waals surface area contributed by atoms with Gasteiger partial charge in [-0.05, 0) is 99.4 Å². The predicted octanol–water partition coefficient (Wildman–Crippen LogP) is 13.5. The second-order valence-electron chi connectivity index (χ2n) is 11.7. The molecular formula is C46H34. The Hall–Kier alpha value is -5.72. The quantitative estimate of drug-likeness (QED) is 0.143. The topological polar surface area (TPSA) is 0 Å². The first kappa shape index (κ1) is 27.8. The third kappa shape index (κ3) is 4.54. The van der Waals surface area contributed by atoms with E-state index in [9.17, 15) is 0 Å². The van der Waals surface area contributed by atoms with Gasteiger partial charge in [-0.15, -0.1) is 0 Å². The Labute approximate surface area is 270 Å². The van der Waals surface area contributed by atoms with Crippen molar-refractivity contribution in [1.29, 1.82) is 0 Å². The van der Waals surface area contributed by atoms with Crippen molar-refractivity contribution in [3.8, 4) is 33.4 Å². The van der Waals surface area contributed by atoms with Gasteiger partial charge in [-0.1, -0.05) is 172 Å². The minimum Gasteiger partial charge on any atom is -0.0683 e. The standard InChI is InChI=1S/C44H28.C2H6/c1-2-11-29(12-3-1)30-21-24-32(25-22-30)43-36-16-6-8-18-38(36)44(39-19-9-7-17-37(39)43)40-20-10-14-33-27-41-34(28-42(33)40)26-23-31-13-4-5-15-35(31)41;1-2/h1-28H;1-2H3. The van der Waals surface area contributed by atoms with E-state index in [1.54, 1.807) is 0 Å². The van der Waals surface area contributed by atoms with Crippen LogP contribution in [0.3, 0.4) is 0 Å². The third-order valence-corrected chi connectivity index (χ3v) is 9.23. The van der Waals surface area contributed by atoms with Crippen LogP contribution in [0.5, 0.6) is 0 Å². The van der Waals surface area contributed by atoms with Gasteiger partial charge in [-0.2, -0.15) is 0 Å². The van der Waals surface area contributed by atoms with E-state index in [2.05, 4.69) is 170 Å².